The van der Waals surface area contributed by atoms with Gasteiger partial charge in [-0.1, -0.05) is 38.1 Å². The number of hydrogen-bond donors (Lipinski definition) is 1. The van der Waals surface area contributed by atoms with Crippen LogP contribution in [0.1, 0.15) is 38.3 Å². The molecule has 1 atom stereocenters. The standard InChI is InChI=1S/C23H39N5O/c1-4-24-23(28-12-11-22(19-28)27-13-15-29-16-14-27)25-17-20-9-7-8-10-21(20)18-26(5-2)6-3/h7-10,22H,4-6,11-19H2,1-3H3,(H,24,25). The fraction of sp³-hybridized carbons (Fsp3) is 0.696. The largest absolute Gasteiger partial charge is 0.379 e. The van der Waals surface area contributed by atoms with E-state index < -0.39 is 0 Å². The van der Waals surface area contributed by atoms with Gasteiger partial charge in [0.15, 0.2) is 5.96 Å². The van der Waals surface area contributed by atoms with Gasteiger partial charge in [0.25, 0.3) is 0 Å². The Morgan fingerprint density at radius 2 is 1.83 bits per heavy atom. The van der Waals surface area contributed by atoms with Gasteiger partial charge in [-0.3, -0.25) is 9.80 Å². The molecule has 0 aromatic heterocycles. The third-order valence-corrected chi connectivity index (χ3v) is 6.17. The number of benzene rings is 1. The van der Waals surface area contributed by atoms with Crippen molar-refractivity contribution in [1.82, 2.24) is 20.0 Å². The van der Waals surface area contributed by atoms with Crippen LogP contribution >= 0.6 is 0 Å². The van der Waals surface area contributed by atoms with E-state index in [4.69, 9.17) is 9.73 Å². The third kappa shape index (κ3) is 6.17. The van der Waals surface area contributed by atoms with E-state index in [2.05, 4.69) is 65.1 Å². The van der Waals surface area contributed by atoms with Gasteiger partial charge >= 0.3 is 0 Å². The first-order valence-electron chi connectivity index (χ1n) is 11.4. The van der Waals surface area contributed by atoms with Crippen molar-refractivity contribution >= 4 is 5.96 Å². The first kappa shape index (κ1) is 22.1. The van der Waals surface area contributed by atoms with Gasteiger partial charge in [0.05, 0.1) is 19.8 Å². The molecule has 29 heavy (non-hydrogen) atoms. The Morgan fingerprint density at radius 3 is 2.52 bits per heavy atom. The van der Waals surface area contributed by atoms with E-state index in [1.54, 1.807) is 0 Å². The Labute approximate surface area is 176 Å². The van der Waals surface area contributed by atoms with Crippen molar-refractivity contribution in [3.05, 3.63) is 35.4 Å². The van der Waals surface area contributed by atoms with Crippen LogP contribution in [-0.4, -0.2) is 85.7 Å². The van der Waals surface area contributed by atoms with Gasteiger partial charge in [-0.15, -0.1) is 0 Å². The van der Waals surface area contributed by atoms with Crippen molar-refractivity contribution in [3.8, 4) is 0 Å². The predicted octanol–water partition coefficient (Wildman–Crippen LogP) is 2.40. The summed E-state index contributed by atoms with van der Waals surface area (Å²) >= 11 is 0. The molecule has 0 amide bonds. The van der Waals surface area contributed by atoms with Gasteiger partial charge in [-0.2, -0.15) is 0 Å². The summed E-state index contributed by atoms with van der Waals surface area (Å²) < 4.78 is 5.52. The normalized spacial score (nSPS) is 21.2. The second-order valence-corrected chi connectivity index (χ2v) is 7.94. The van der Waals surface area contributed by atoms with Gasteiger partial charge < -0.3 is 15.0 Å². The maximum atomic E-state index is 5.52. The van der Waals surface area contributed by atoms with Gasteiger partial charge in [0.1, 0.15) is 0 Å². The molecule has 0 radical (unpaired) electrons. The van der Waals surface area contributed by atoms with Crippen LogP contribution in [0.15, 0.2) is 29.3 Å². The molecule has 2 saturated heterocycles. The van der Waals surface area contributed by atoms with E-state index in [1.807, 2.05) is 0 Å². The third-order valence-electron chi connectivity index (χ3n) is 6.17. The van der Waals surface area contributed by atoms with Crippen molar-refractivity contribution in [2.24, 2.45) is 4.99 Å². The van der Waals surface area contributed by atoms with E-state index in [-0.39, 0.29) is 0 Å². The summed E-state index contributed by atoms with van der Waals surface area (Å²) in [7, 11) is 0. The maximum Gasteiger partial charge on any atom is 0.194 e. The number of morpholine rings is 1. The van der Waals surface area contributed by atoms with Crippen LogP contribution < -0.4 is 5.32 Å². The predicted molar refractivity (Wildman–Crippen MR) is 120 cm³/mol. The Morgan fingerprint density at radius 1 is 1.10 bits per heavy atom. The summed E-state index contributed by atoms with van der Waals surface area (Å²) in [5.41, 5.74) is 2.72. The number of aliphatic imine (C=N–C) groups is 1. The first-order chi connectivity index (χ1) is 14.2. The lowest BCUT2D eigenvalue weighted by molar-refractivity contribution is 0.0195. The van der Waals surface area contributed by atoms with Crippen molar-refractivity contribution in [3.63, 3.8) is 0 Å². The zero-order valence-electron chi connectivity index (χ0n) is 18.6. The number of nitrogens with one attached hydrogen (secondary N) is 1. The number of hydrogen-bond acceptors (Lipinski definition) is 4. The molecule has 0 spiro atoms. The molecule has 162 valence electrons. The summed E-state index contributed by atoms with van der Waals surface area (Å²) in [6.45, 7) is 17.4. The molecule has 2 aliphatic rings. The Hall–Kier alpha value is -1.63. The van der Waals surface area contributed by atoms with Crippen LogP contribution in [0, 0.1) is 0 Å². The van der Waals surface area contributed by atoms with E-state index >= 15 is 0 Å². The SMILES string of the molecule is CCNC(=NCc1ccccc1CN(CC)CC)N1CCC(N2CCOCC2)C1. The molecule has 3 rings (SSSR count). The topological polar surface area (TPSA) is 43.3 Å². The number of rotatable bonds is 8. The number of nitrogens with zero attached hydrogens (tertiary/aromatic N) is 4. The van der Waals surface area contributed by atoms with Crippen LogP contribution in [0.5, 0.6) is 0 Å². The summed E-state index contributed by atoms with van der Waals surface area (Å²) in [5, 5.41) is 3.52. The average molecular weight is 402 g/mol. The minimum Gasteiger partial charge on any atom is -0.379 e. The quantitative estimate of drug-likeness (QED) is 0.535. The van der Waals surface area contributed by atoms with Crippen LogP contribution in [0.4, 0.5) is 0 Å². The monoisotopic (exact) mass is 401 g/mol. The summed E-state index contributed by atoms with van der Waals surface area (Å²) in [4.78, 5) is 12.5. The second-order valence-electron chi connectivity index (χ2n) is 7.94. The zero-order valence-corrected chi connectivity index (χ0v) is 18.6. The molecule has 1 aromatic rings. The second kappa shape index (κ2) is 11.5. The molecular formula is C23H39N5O. The lowest BCUT2D eigenvalue weighted by atomic mass is 10.1. The zero-order chi connectivity index (χ0) is 20.5. The highest BCUT2D eigenvalue weighted by Gasteiger charge is 2.30. The van der Waals surface area contributed by atoms with Gasteiger partial charge in [-0.25, -0.2) is 4.99 Å². The molecule has 6 heteroatoms. The average Bonchev–Trinajstić information content (AvgIpc) is 3.26. The lowest BCUT2D eigenvalue weighted by Crippen LogP contribution is -2.46. The van der Waals surface area contributed by atoms with Gasteiger partial charge in [-0.05, 0) is 37.6 Å². The van der Waals surface area contributed by atoms with E-state index in [0.29, 0.717) is 6.04 Å². The van der Waals surface area contributed by atoms with Crippen molar-refractivity contribution in [1.29, 1.82) is 0 Å². The Balaban J connectivity index is 1.65. The molecule has 1 aromatic carbocycles. The number of likely N-dealkylation sites (tertiary alicyclic amines) is 1. The minimum atomic E-state index is 0.623. The molecule has 2 fully saturated rings. The smallest absolute Gasteiger partial charge is 0.194 e. The molecular weight excluding hydrogens is 362 g/mol. The fourth-order valence-corrected chi connectivity index (χ4v) is 4.31. The van der Waals surface area contributed by atoms with Crippen molar-refractivity contribution in [2.75, 3.05) is 59.0 Å². The van der Waals surface area contributed by atoms with Gasteiger partial charge in [0.2, 0.25) is 0 Å². The first-order valence-corrected chi connectivity index (χ1v) is 11.4. The highest BCUT2D eigenvalue weighted by Crippen LogP contribution is 2.18. The Bertz CT molecular complexity index is 640. The minimum absolute atomic E-state index is 0.623. The number of ether oxygens (including phenoxy) is 1. The lowest BCUT2D eigenvalue weighted by Gasteiger charge is -2.32. The Kier molecular flexibility index (Phi) is 8.77. The van der Waals surface area contributed by atoms with Crippen LogP contribution in [0.2, 0.25) is 0 Å². The number of guanidine groups is 1. The fourth-order valence-electron chi connectivity index (χ4n) is 4.31. The molecule has 1 N–H and O–H groups in total. The van der Waals surface area contributed by atoms with Crippen LogP contribution in [0.25, 0.3) is 0 Å². The highest BCUT2D eigenvalue weighted by molar-refractivity contribution is 5.80. The maximum absolute atomic E-state index is 5.52. The van der Waals surface area contributed by atoms with E-state index in [1.165, 1.54) is 17.5 Å². The van der Waals surface area contributed by atoms with Gasteiger partial charge in [0, 0.05) is 45.3 Å². The molecule has 0 aliphatic carbocycles. The summed E-state index contributed by atoms with van der Waals surface area (Å²) in [5.74, 6) is 1.06. The molecule has 2 heterocycles. The van der Waals surface area contributed by atoms with Crippen molar-refractivity contribution in [2.45, 2.75) is 46.3 Å². The van der Waals surface area contributed by atoms with E-state index in [0.717, 1.165) is 78.1 Å². The molecule has 1 unspecified atom stereocenters. The van der Waals surface area contributed by atoms with Crippen molar-refractivity contribution < 1.29 is 4.74 Å². The molecule has 6 nitrogen and oxygen atoms in total. The van der Waals surface area contributed by atoms with Crippen LogP contribution in [-0.2, 0) is 17.8 Å². The van der Waals surface area contributed by atoms with Crippen LogP contribution in [0.3, 0.4) is 0 Å². The van der Waals surface area contributed by atoms with E-state index in [9.17, 15) is 0 Å². The highest BCUT2D eigenvalue weighted by atomic mass is 16.5. The molecule has 0 bridgehead atoms. The molecule has 0 saturated carbocycles. The summed E-state index contributed by atoms with van der Waals surface area (Å²) in [6.07, 6.45) is 1.21. The summed E-state index contributed by atoms with van der Waals surface area (Å²) in [6, 6.07) is 9.38. The molecule has 2 aliphatic heterocycles.